The fourth-order valence-corrected chi connectivity index (χ4v) is 4.89. The Bertz CT molecular complexity index is 1070. The molecule has 222 valence electrons. The maximum atomic E-state index is 13.7. The van der Waals surface area contributed by atoms with Gasteiger partial charge in [0.05, 0.1) is 19.5 Å². The highest BCUT2D eigenvalue weighted by molar-refractivity contribution is 7.85. The SMILES string of the molecule is CCc1ccc(C(=O)N(C[C@@H]2CN(C(=O)OC(C)(C)C)C[C@H]2COS(C)(=O)=O)C(C)C)cc1OCCCOC. The van der Waals surface area contributed by atoms with Crippen LogP contribution < -0.4 is 4.74 Å². The Morgan fingerprint density at radius 2 is 1.79 bits per heavy atom. The highest BCUT2D eigenvalue weighted by atomic mass is 32.2. The Balaban J connectivity index is 2.26. The minimum atomic E-state index is -3.67. The molecule has 10 nitrogen and oxygen atoms in total. The molecule has 1 aromatic carbocycles. The molecular weight excluding hydrogens is 524 g/mol. The molecule has 2 amide bonds. The van der Waals surface area contributed by atoms with Crippen molar-refractivity contribution >= 4 is 22.1 Å². The molecule has 1 saturated heterocycles. The standard InChI is InChI=1S/C28H46N2O8S/c1-9-21-11-12-22(15-25(21)36-14-10-13-35-7)26(31)30(20(2)3)18-23-16-29(27(32)38-28(4,5)6)17-24(23)19-37-39(8,33)34/h11-12,15,20,23-24H,9-10,13-14,16-19H2,1-8H3/t23-,24-/m0/s1. The Hall–Kier alpha value is -2.37. The molecule has 0 bridgehead atoms. The van der Waals surface area contributed by atoms with E-state index in [0.29, 0.717) is 37.6 Å². The van der Waals surface area contributed by atoms with Gasteiger partial charge in [0.2, 0.25) is 0 Å². The summed E-state index contributed by atoms with van der Waals surface area (Å²) in [5.74, 6) is 0.0289. The van der Waals surface area contributed by atoms with E-state index >= 15 is 0 Å². The number of benzene rings is 1. The molecule has 2 rings (SSSR count). The van der Waals surface area contributed by atoms with E-state index in [1.54, 1.807) is 43.7 Å². The topological polar surface area (TPSA) is 112 Å². The molecule has 2 atom stereocenters. The average Bonchev–Trinajstić information content (AvgIpc) is 3.25. The van der Waals surface area contributed by atoms with Crippen LogP contribution in [0.4, 0.5) is 4.79 Å². The molecule has 0 aliphatic carbocycles. The summed E-state index contributed by atoms with van der Waals surface area (Å²) in [6, 6.07) is 5.38. The molecular formula is C28H46N2O8S. The van der Waals surface area contributed by atoms with Crippen molar-refractivity contribution in [1.29, 1.82) is 0 Å². The predicted octanol–water partition coefficient (Wildman–Crippen LogP) is 3.97. The first-order valence-electron chi connectivity index (χ1n) is 13.5. The number of likely N-dealkylation sites (tertiary alicyclic amines) is 1. The van der Waals surface area contributed by atoms with E-state index in [1.807, 2.05) is 32.9 Å². The number of carbonyl (C=O) groups excluding carboxylic acids is 2. The van der Waals surface area contributed by atoms with Crippen LogP contribution in [0, 0.1) is 11.8 Å². The smallest absolute Gasteiger partial charge is 0.410 e. The number of methoxy groups -OCH3 is 1. The van der Waals surface area contributed by atoms with Gasteiger partial charge in [0.15, 0.2) is 0 Å². The van der Waals surface area contributed by atoms with Crippen molar-refractivity contribution in [1.82, 2.24) is 9.80 Å². The monoisotopic (exact) mass is 570 g/mol. The van der Waals surface area contributed by atoms with Gasteiger partial charge in [0.1, 0.15) is 11.4 Å². The molecule has 0 aromatic heterocycles. The molecule has 0 spiro atoms. The third-order valence-corrected chi connectivity index (χ3v) is 7.05. The lowest BCUT2D eigenvalue weighted by Gasteiger charge is -2.31. The molecule has 11 heteroatoms. The van der Waals surface area contributed by atoms with Crippen molar-refractivity contribution in [2.45, 2.75) is 66.0 Å². The van der Waals surface area contributed by atoms with Crippen LogP contribution in [-0.2, 0) is 30.2 Å². The Labute approximate surface area is 234 Å². The summed E-state index contributed by atoms with van der Waals surface area (Å²) in [7, 11) is -2.02. The second-order valence-electron chi connectivity index (χ2n) is 11.3. The van der Waals surface area contributed by atoms with Crippen molar-refractivity contribution < 1.29 is 36.4 Å². The first-order chi connectivity index (χ1) is 18.1. The van der Waals surface area contributed by atoms with E-state index < -0.39 is 21.8 Å². The van der Waals surface area contributed by atoms with Crippen molar-refractivity contribution in [2.75, 3.05) is 52.8 Å². The number of rotatable bonds is 13. The molecule has 0 N–H and O–H groups in total. The number of nitrogens with zero attached hydrogens (tertiary/aromatic N) is 2. The second kappa shape index (κ2) is 14.3. The van der Waals surface area contributed by atoms with Crippen molar-refractivity contribution in [3.05, 3.63) is 29.3 Å². The minimum absolute atomic E-state index is 0.0758. The van der Waals surface area contributed by atoms with Crippen LogP contribution in [-0.4, -0.2) is 94.7 Å². The Morgan fingerprint density at radius 3 is 2.36 bits per heavy atom. The van der Waals surface area contributed by atoms with E-state index in [0.717, 1.165) is 24.7 Å². The lowest BCUT2D eigenvalue weighted by atomic mass is 9.95. The van der Waals surface area contributed by atoms with Gasteiger partial charge < -0.3 is 24.0 Å². The summed E-state index contributed by atoms with van der Waals surface area (Å²) in [6.07, 6.45) is 2.04. The summed E-state index contributed by atoms with van der Waals surface area (Å²) in [5.41, 5.74) is 0.859. The molecule has 1 aromatic rings. The van der Waals surface area contributed by atoms with Crippen molar-refractivity contribution in [3.8, 4) is 5.75 Å². The van der Waals surface area contributed by atoms with E-state index in [2.05, 4.69) is 0 Å². The molecule has 1 aliphatic heterocycles. The molecule has 1 fully saturated rings. The zero-order chi connectivity index (χ0) is 29.4. The molecule has 1 heterocycles. The van der Waals surface area contributed by atoms with Gasteiger partial charge in [0.25, 0.3) is 16.0 Å². The van der Waals surface area contributed by atoms with Crippen LogP contribution >= 0.6 is 0 Å². The number of hydrogen-bond acceptors (Lipinski definition) is 8. The summed E-state index contributed by atoms with van der Waals surface area (Å²) in [4.78, 5) is 29.9. The molecule has 0 unspecified atom stereocenters. The summed E-state index contributed by atoms with van der Waals surface area (Å²) in [5, 5.41) is 0. The maximum Gasteiger partial charge on any atom is 0.410 e. The zero-order valence-electron chi connectivity index (χ0n) is 24.7. The normalized spacial score (nSPS) is 17.9. The van der Waals surface area contributed by atoms with Crippen LogP contribution in [0.25, 0.3) is 0 Å². The number of aryl methyl sites for hydroxylation is 1. The molecule has 0 saturated carbocycles. The van der Waals surface area contributed by atoms with Gasteiger partial charge in [-0.2, -0.15) is 8.42 Å². The molecule has 1 aliphatic rings. The Kier molecular flexibility index (Phi) is 12.1. The van der Waals surface area contributed by atoms with E-state index in [-0.39, 0.29) is 36.9 Å². The fraction of sp³-hybridized carbons (Fsp3) is 0.714. The number of hydrogen-bond donors (Lipinski definition) is 0. The zero-order valence-corrected chi connectivity index (χ0v) is 25.5. The van der Waals surface area contributed by atoms with Crippen molar-refractivity contribution in [2.24, 2.45) is 11.8 Å². The second-order valence-corrected chi connectivity index (χ2v) is 13.0. The van der Waals surface area contributed by atoms with Crippen LogP contribution in [0.2, 0.25) is 0 Å². The number of ether oxygens (including phenoxy) is 3. The molecule has 39 heavy (non-hydrogen) atoms. The van der Waals surface area contributed by atoms with E-state index in [1.165, 1.54) is 0 Å². The predicted molar refractivity (Wildman–Crippen MR) is 150 cm³/mol. The minimum Gasteiger partial charge on any atom is -0.493 e. The van der Waals surface area contributed by atoms with Crippen LogP contribution in [0.3, 0.4) is 0 Å². The highest BCUT2D eigenvalue weighted by Crippen LogP contribution is 2.29. The third kappa shape index (κ3) is 10.6. The Morgan fingerprint density at radius 1 is 1.13 bits per heavy atom. The van der Waals surface area contributed by atoms with E-state index in [4.69, 9.17) is 18.4 Å². The highest BCUT2D eigenvalue weighted by Gasteiger charge is 2.39. The van der Waals surface area contributed by atoms with Crippen LogP contribution in [0.5, 0.6) is 5.75 Å². The lowest BCUT2D eigenvalue weighted by Crippen LogP contribution is -2.43. The van der Waals surface area contributed by atoms with E-state index in [9.17, 15) is 18.0 Å². The summed E-state index contributed by atoms with van der Waals surface area (Å²) >= 11 is 0. The maximum absolute atomic E-state index is 13.7. The van der Waals surface area contributed by atoms with Crippen molar-refractivity contribution in [3.63, 3.8) is 0 Å². The summed E-state index contributed by atoms with van der Waals surface area (Å²) in [6.45, 7) is 13.2. The first-order valence-corrected chi connectivity index (χ1v) is 15.3. The van der Waals surface area contributed by atoms with Gasteiger partial charge in [-0.15, -0.1) is 0 Å². The van der Waals surface area contributed by atoms with Gasteiger partial charge in [-0.05, 0) is 58.7 Å². The van der Waals surface area contributed by atoms with Gasteiger partial charge in [0, 0.05) is 63.2 Å². The van der Waals surface area contributed by atoms with Gasteiger partial charge >= 0.3 is 6.09 Å². The quantitative estimate of drug-likeness (QED) is 0.259. The van der Waals surface area contributed by atoms with Gasteiger partial charge in [-0.3, -0.25) is 8.98 Å². The summed E-state index contributed by atoms with van der Waals surface area (Å²) < 4.78 is 45.1. The third-order valence-electron chi connectivity index (χ3n) is 6.49. The van der Waals surface area contributed by atoms with Crippen LogP contribution in [0.15, 0.2) is 18.2 Å². The number of carbonyl (C=O) groups is 2. The fourth-order valence-electron chi connectivity index (χ4n) is 4.47. The number of amides is 2. The first kappa shape index (κ1) is 32.8. The van der Waals surface area contributed by atoms with Gasteiger partial charge in [-0.1, -0.05) is 13.0 Å². The molecule has 0 radical (unpaired) electrons. The lowest BCUT2D eigenvalue weighted by molar-refractivity contribution is 0.0280. The van der Waals surface area contributed by atoms with Gasteiger partial charge in [-0.25, -0.2) is 4.79 Å². The largest absolute Gasteiger partial charge is 0.493 e. The van der Waals surface area contributed by atoms with Crippen LogP contribution in [0.1, 0.15) is 63.9 Å². The average molecular weight is 571 g/mol.